The van der Waals surface area contributed by atoms with Crippen LogP contribution in [-0.4, -0.2) is 74.9 Å². The Hall–Kier alpha value is -2.17. The van der Waals surface area contributed by atoms with E-state index in [9.17, 15) is 18.0 Å². The average Bonchev–Trinajstić information content (AvgIpc) is 2.74. The van der Waals surface area contributed by atoms with E-state index in [0.29, 0.717) is 69.2 Å². The Bertz CT molecular complexity index is 950. The first-order valence-electron chi connectivity index (χ1n) is 10.3. The number of amides is 2. The number of piperidine rings is 1. The number of fused-ring (bicyclic) bond motifs is 1. The summed E-state index contributed by atoms with van der Waals surface area (Å²) in [6.45, 7) is 6.21. The zero-order valence-electron chi connectivity index (χ0n) is 17.2. The van der Waals surface area contributed by atoms with Gasteiger partial charge in [-0.2, -0.15) is 4.31 Å². The first-order valence-corrected chi connectivity index (χ1v) is 11.7. The second-order valence-electron chi connectivity index (χ2n) is 7.98. The zero-order valence-corrected chi connectivity index (χ0v) is 18.0. The molecule has 1 aromatic carbocycles. The van der Waals surface area contributed by atoms with Gasteiger partial charge in [0.15, 0.2) is 6.10 Å². The van der Waals surface area contributed by atoms with Crippen LogP contribution in [0, 0.1) is 12.8 Å². The number of morpholine rings is 1. The predicted molar refractivity (Wildman–Crippen MR) is 109 cm³/mol. The van der Waals surface area contributed by atoms with Crippen LogP contribution >= 0.6 is 0 Å². The molecule has 3 aliphatic rings. The highest BCUT2D eigenvalue weighted by Crippen LogP contribution is 2.36. The summed E-state index contributed by atoms with van der Waals surface area (Å²) in [5, 5.41) is 2.73. The van der Waals surface area contributed by atoms with Crippen LogP contribution in [0.25, 0.3) is 0 Å². The van der Waals surface area contributed by atoms with Crippen LogP contribution < -0.4 is 10.1 Å². The fourth-order valence-electron chi connectivity index (χ4n) is 4.14. The van der Waals surface area contributed by atoms with Gasteiger partial charge in [0.2, 0.25) is 15.9 Å². The Balaban J connectivity index is 1.48. The summed E-state index contributed by atoms with van der Waals surface area (Å²) in [6.07, 6.45) is 0.323. The van der Waals surface area contributed by atoms with Crippen molar-refractivity contribution in [3.05, 3.63) is 17.7 Å². The van der Waals surface area contributed by atoms with Crippen molar-refractivity contribution >= 4 is 27.5 Å². The van der Waals surface area contributed by atoms with E-state index in [-0.39, 0.29) is 22.6 Å². The maximum absolute atomic E-state index is 13.3. The summed E-state index contributed by atoms with van der Waals surface area (Å²) in [5.74, 6) is 0.0326. The lowest BCUT2D eigenvalue weighted by Crippen LogP contribution is -2.47. The molecule has 2 fully saturated rings. The van der Waals surface area contributed by atoms with E-state index < -0.39 is 16.1 Å². The molecule has 164 valence electrons. The molecule has 9 nitrogen and oxygen atoms in total. The standard InChI is InChI=1S/C20H27N3O6S/c1-13-11-16-17(29-14(2)19(24)21-16)12-18(13)30(26,27)23-5-3-15(4-6-23)20(25)22-7-9-28-10-8-22/h11-12,14-15H,3-10H2,1-2H3,(H,21,24)/t14-/m0/s1. The van der Waals surface area contributed by atoms with Gasteiger partial charge in [0.25, 0.3) is 5.91 Å². The van der Waals surface area contributed by atoms with Gasteiger partial charge in [0, 0.05) is 38.2 Å². The minimum atomic E-state index is -3.74. The smallest absolute Gasteiger partial charge is 0.265 e. The number of sulfonamides is 1. The van der Waals surface area contributed by atoms with E-state index >= 15 is 0 Å². The predicted octanol–water partition coefficient (Wildman–Crippen LogP) is 0.974. The van der Waals surface area contributed by atoms with Crippen molar-refractivity contribution in [2.75, 3.05) is 44.7 Å². The van der Waals surface area contributed by atoms with Gasteiger partial charge in [0.05, 0.1) is 23.8 Å². The lowest BCUT2D eigenvalue weighted by atomic mass is 9.96. The van der Waals surface area contributed by atoms with Gasteiger partial charge in [-0.1, -0.05) is 0 Å². The highest BCUT2D eigenvalue weighted by molar-refractivity contribution is 7.89. The third kappa shape index (κ3) is 3.91. The van der Waals surface area contributed by atoms with Crippen LogP contribution in [0.5, 0.6) is 5.75 Å². The van der Waals surface area contributed by atoms with Crippen LogP contribution in [0.15, 0.2) is 17.0 Å². The van der Waals surface area contributed by atoms with Gasteiger partial charge in [0.1, 0.15) is 5.75 Å². The molecule has 1 atom stereocenters. The molecular formula is C20H27N3O6S. The summed E-state index contributed by atoms with van der Waals surface area (Å²) in [7, 11) is -3.74. The second kappa shape index (κ2) is 8.16. The van der Waals surface area contributed by atoms with E-state index in [1.807, 2.05) is 4.90 Å². The number of carbonyl (C=O) groups excluding carboxylic acids is 2. The van der Waals surface area contributed by atoms with E-state index in [1.54, 1.807) is 19.9 Å². The summed E-state index contributed by atoms with van der Waals surface area (Å²) < 4.78 is 38.9. The number of hydrogen-bond acceptors (Lipinski definition) is 6. The number of rotatable bonds is 3. The molecule has 4 rings (SSSR count). The summed E-state index contributed by atoms with van der Waals surface area (Å²) in [5.41, 5.74) is 1.02. The molecule has 3 heterocycles. The zero-order chi connectivity index (χ0) is 21.5. The first kappa shape index (κ1) is 21.1. The van der Waals surface area contributed by atoms with Gasteiger partial charge >= 0.3 is 0 Å². The number of benzene rings is 1. The highest BCUT2D eigenvalue weighted by Gasteiger charge is 2.36. The van der Waals surface area contributed by atoms with Crippen LogP contribution in [0.1, 0.15) is 25.3 Å². The molecule has 2 amide bonds. The molecule has 1 N–H and O–H groups in total. The summed E-state index contributed by atoms with van der Waals surface area (Å²) in [4.78, 5) is 26.5. The first-order chi connectivity index (χ1) is 14.3. The van der Waals surface area contributed by atoms with Gasteiger partial charge in [-0.3, -0.25) is 9.59 Å². The van der Waals surface area contributed by atoms with Crippen LogP contribution in [0.4, 0.5) is 5.69 Å². The van der Waals surface area contributed by atoms with Crippen LogP contribution in [-0.2, 0) is 24.3 Å². The summed E-state index contributed by atoms with van der Waals surface area (Å²) in [6, 6.07) is 3.11. The monoisotopic (exact) mass is 437 g/mol. The van der Waals surface area contributed by atoms with Crippen molar-refractivity contribution < 1.29 is 27.5 Å². The van der Waals surface area contributed by atoms with Crippen molar-refractivity contribution in [1.29, 1.82) is 0 Å². The lowest BCUT2D eigenvalue weighted by molar-refractivity contribution is -0.140. The molecule has 0 unspecified atom stereocenters. The van der Waals surface area contributed by atoms with E-state index in [2.05, 4.69) is 5.32 Å². The SMILES string of the molecule is Cc1cc2c(cc1S(=O)(=O)N1CCC(C(=O)N3CCOCC3)CC1)O[C@@H](C)C(=O)N2. The Kier molecular flexibility index (Phi) is 5.73. The average molecular weight is 438 g/mol. The van der Waals surface area contributed by atoms with Crippen LogP contribution in [0.3, 0.4) is 0 Å². The molecule has 30 heavy (non-hydrogen) atoms. The Morgan fingerprint density at radius 1 is 1.13 bits per heavy atom. The van der Waals surface area contributed by atoms with E-state index in [0.717, 1.165) is 0 Å². The van der Waals surface area contributed by atoms with E-state index in [1.165, 1.54) is 10.4 Å². The molecule has 0 saturated carbocycles. The van der Waals surface area contributed by atoms with Gasteiger partial charge in [-0.05, 0) is 38.3 Å². The molecule has 2 saturated heterocycles. The van der Waals surface area contributed by atoms with Crippen molar-refractivity contribution in [2.45, 2.75) is 37.7 Å². The van der Waals surface area contributed by atoms with E-state index in [4.69, 9.17) is 9.47 Å². The molecule has 0 radical (unpaired) electrons. The molecule has 0 bridgehead atoms. The Labute approximate surface area is 176 Å². The summed E-state index contributed by atoms with van der Waals surface area (Å²) >= 11 is 0. The number of nitrogens with one attached hydrogen (secondary N) is 1. The van der Waals surface area contributed by atoms with Crippen molar-refractivity contribution in [3.63, 3.8) is 0 Å². The number of nitrogens with zero attached hydrogens (tertiary/aromatic N) is 2. The number of hydrogen-bond donors (Lipinski definition) is 1. The second-order valence-corrected chi connectivity index (χ2v) is 9.89. The lowest BCUT2D eigenvalue weighted by Gasteiger charge is -2.35. The number of anilines is 1. The Morgan fingerprint density at radius 2 is 1.80 bits per heavy atom. The molecule has 10 heteroatoms. The molecule has 0 aromatic heterocycles. The minimum Gasteiger partial charge on any atom is -0.479 e. The van der Waals surface area contributed by atoms with Crippen molar-refractivity contribution in [1.82, 2.24) is 9.21 Å². The molecule has 1 aromatic rings. The normalized spacial score (nSPS) is 23.5. The number of carbonyl (C=O) groups is 2. The minimum absolute atomic E-state index is 0.0958. The van der Waals surface area contributed by atoms with Gasteiger partial charge < -0.3 is 19.7 Å². The molecule has 0 spiro atoms. The molecule has 3 aliphatic heterocycles. The third-order valence-electron chi connectivity index (χ3n) is 5.95. The van der Waals surface area contributed by atoms with Gasteiger partial charge in [-0.15, -0.1) is 0 Å². The highest BCUT2D eigenvalue weighted by atomic mass is 32.2. The maximum Gasteiger partial charge on any atom is 0.265 e. The Morgan fingerprint density at radius 3 is 2.47 bits per heavy atom. The fourth-order valence-corrected chi connectivity index (χ4v) is 5.84. The number of ether oxygens (including phenoxy) is 2. The topological polar surface area (TPSA) is 105 Å². The fraction of sp³-hybridized carbons (Fsp3) is 0.600. The van der Waals surface area contributed by atoms with Crippen molar-refractivity contribution in [3.8, 4) is 5.75 Å². The number of aryl methyl sites for hydroxylation is 1. The van der Waals surface area contributed by atoms with Crippen molar-refractivity contribution in [2.24, 2.45) is 5.92 Å². The quantitative estimate of drug-likeness (QED) is 0.756. The third-order valence-corrected chi connectivity index (χ3v) is 7.99. The molecule has 0 aliphatic carbocycles. The largest absolute Gasteiger partial charge is 0.479 e. The van der Waals surface area contributed by atoms with Crippen LogP contribution in [0.2, 0.25) is 0 Å². The van der Waals surface area contributed by atoms with Gasteiger partial charge in [-0.25, -0.2) is 8.42 Å². The maximum atomic E-state index is 13.3. The molecular weight excluding hydrogens is 410 g/mol.